The third-order valence-corrected chi connectivity index (χ3v) is 3.26. The Bertz CT molecular complexity index is 599. The highest BCUT2D eigenvalue weighted by Gasteiger charge is 2.30. The number of hydrogen-bond donors (Lipinski definition) is 1. The number of alkyl halides is 3. The van der Waals surface area contributed by atoms with Crippen LogP contribution in [0.4, 0.5) is 13.2 Å². The fourth-order valence-electron chi connectivity index (χ4n) is 1.79. The van der Waals surface area contributed by atoms with Crippen LogP contribution >= 0.6 is 11.6 Å². The summed E-state index contributed by atoms with van der Waals surface area (Å²) in [5.41, 5.74) is 5.96. The van der Waals surface area contributed by atoms with E-state index in [-0.39, 0.29) is 6.61 Å². The van der Waals surface area contributed by atoms with E-state index in [9.17, 15) is 13.2 Å². The number of hydrogen-bond acceptors (Lipinski definition) is 2. The van der Waals surface area contributed by atoms with E-state index in [0.29, 0.717) is 10.8 Å². The maximum Gasteiger partial charge on any atom is 0.416 e. The Kier molecular flexibility index (Phi) is 4.75. The number of rotatable bonds is 4. The molecule has 2 rings (SSSR count). The maximum absolute atomic E-state index is 12.4. The summed E-state index contributed by atoms with van der Waals surface area (Å²) in [6, 6.07) is 11.1. The zero-order valence-electron chi connectivity index (χ0n) is 10.9. The molecular weight excluding hydrogens is 303 g/mol. The van der Waals surface area contributed by atoms with Gasteiger partial charge in [0, 0.05) is 5.02 Å². The van der Waals surface area contributed by atoms with Crippen molar-refractivity contribution >= 4 is 11.6 Å². The Morgan fingerprint density at radius 1 is 1.05 bits per heavy atom. The van der Waals surface area contributed by atoms with Crippen molar-refractivity contribution in [3.05, 3.63) is 64.7 Å². The quantitative estimate of drug-likeness (QED) is 0.905. The topological polar surface area (TPSA) is 35.2 Å². The maximum atomic E-state index is 12.4. The molecule has 0 fully saturated rings. The third kappa shape index (κ3) is 4.12. The van der Waals surface area contributed by atoms with Crippen molar-refractivity contribution < 1.29 is 17.9 Å². The van der Waals surface area contributed by atoms with Crippen molar-refractivity contribution in [3.8, 4) is 5.75 Å². The van der Waals surface area contributed by atoms with Gasteiger partial charge in [-0.15, -0.1) is 0 Å². The van der Waals surface area contributed by atoms with Crippen LogP contribution < -0.4 is 10.5 Å². The molecule has 0 saturated carbocycles. The van der Waals surface area contributed by atoms with Gasteiger partial charge in [-0.25, -0.2) is 0 Å². The first-order chi connectivity index (χ1) is 9.88. The standard InChI is InChI=1S/C15H13ClF3NO/c16-13-4-2-1-3-12(13)14(20)9-21-11-7-5-10(6-8-11)15(17,18)19/h1-8,14H,9,20H2. The van der Waals surface area contributed by atoms with Crippen LogP contribution in [0.2, 0.25) is 5.02 Å². The van der Waals surface area contributed by atoms with E-state index in [1.807, 2.05) is 0 Å². The largest absolute Gasteiger partial charge is 0.492 e. The molecule has 112 valence electrons. The predicted octanol–water partition coefficient (Wildman–Crippen LogP) is 4.44. The highest BCUT2D eigenvalue weighted by atomic mass is 35.5. The predicted molar refractivity (Wildman–Crippen MR) is 75.3 cm³/mol. The van der Waals surface area contributed by atoms with Crippen LogP contribution in [0, 0.1) is 0 Å². The van der Waals surface area contributed by atoms with Gasteiger partial charge in [-0.2, -0.15) is 13.2 Å². The van der Waals surface area contributed by atoms with E-state index < -0.39 is 17.8 Å². The van der Waals surface area contributed by atoms with Crippen molar-refractivity contribution in [2.45, 2.75) is 12.2 Å². The van der Waals surface area contributed by atoms with Crippen LogP contribution in [0.5, 0.6) is 5.75 Å². The number of halogens is 4. The molecule has 0 saturated heterocycles. The summed E-state index contributed by atoms with van der Waals surface area (Å²) in [5, 5.41) is 0.529. The van der Waals surface area contributed by atoms with Crippen molar-refractivity contribution in [2.24, 2.45) is 5.73 Å². The van der Waals surface area contributed by atoms with E-state index in [4.69, 9.17) is 22.1 Å². The molecule has 2 aromatic rings. The van der Waals surface area contributed by atoms with Crippen LogP contribution in [0.3, 0.4) is 0 Å². The van der Waals surface area contributed by atoms with Gasteiger partial charge in [0.15, 0.2) is 0 Å². The molecule has 0 aliphatic rings. The molecule has 0 aliphatic heterocycles. The molecule has 1 unspecified atom stereocenters. The smallest absolute Gasteiger partial charge is 0.416 e. The summed E-state index contributed by atoms with van der Waals surface area (Å²) < 4.78 is 42.7. The molecule has 0 radical (unpaired) electrons. The first-order valence-electron chi connectivity index (χ1n) is 6.18. The average Bonchev–Trinajstić information content (AvgIpc) is 2.45. The Hall–Kier alpha value is -1.72. The molecule has 0 heterocycles. The van der Waals surface area contributed by atoms with Gasteiger partial charge >= 0.3 is 6.18 Å². The summed E-state index contributed by atoms with van der Waals surface area (Å²) in [5.74, 6) is 0.325. The zero-order valence-corrected chi connectivity index (χ0v) is 11.7. The van der Waals surface area contributed by atoms with Gasteiger partial charge in [0.2, 0.25) is 0 Å². The summed E-state index contributed by atoms with van der Waals surface area (Å²) in [7, 11) is 0. The summed E-state index contributed by atoms with van der Waals surface area (Å²) in [6.45, 7) is 0.120. The van der Waals surface area contributed by atoms with Gasteiger partial charge in [0.25, 0.3) is 0 Å². The van der Waals surface area contributed by atoms with Crippen molar-refractivity contribution in [1.29, 1.82) is 0 Å². The van der Waals surface area contributed by atoms with E-state index in [2.05, 4.69) is 0 Å². The number of ether oxygens (including phenoxy) is 1. The van der Waals surface area contributed by atoms with Gasteiger partial charge < -0.3 is 10.5 Å². The summed E-state index contributed by atoms with van der Waals surface area (Å²) in [6.07, 6.45) is -4.35. The molecule has 6 heteroatoms. The van der Waals surface area contributed by atoms with Gasteiger partial charge in [-0.1, -0.05) is 29.8 Å². The molecule has 0 aliphatic carbocycles. The Morgan fingerprint density at radius 3 is 2.24 bits per heavy atom. The van der Waals surface area contributed by atoms with Crippen LogP contribution in [0.15, 0.2) is 48.5 Å². The van der Waals surface area contributed by atoms with E-state index in [1.54, 1.807) is 24.3 Å². The lowest BCUT2D eigenvalue weighted by atomic mass is 10.1. The van der Waals surface area contributed by atoms with Crippen molar-refractivity contribution in [3.63, 3.8) is 0 Å². The molecule has 0 amide bonds. The summed E-state index contributed by atoms with van der Waals surface area (Å²) >= 11 is 6.01. The van der Waals surface area contributed by atoms with Crippen molar-refractivity contribution in [1.82, 2.24) is 0 Å². The second-order valence-corrected chi connectivity index (χ2v) is 4.87. The molecule has 21 heavy (non-hydrogen) atoms. The second-order valence-electron chi connectivity index (χ2n) is 4.46. The number of benzene rings is 2. The minimum atomic E-state index is -4.35. The Labute approximate surface area is 125 Å². The highest BCUT2D eigenvalue weighted by Crippen LogP contribution is 2.30. The first-order valence-corrected chi connectivity index (χ1v) is 6.56. The van der Waals surface area contributed by atoms with Gasteiger partial charge in [0.1, 0.15) is 12.4 Å². The lowest BCUT2D eigenvalue weighted by molar-refractivity contribution is -0.137. The Morgan fingerprint density at radius 2 is 1.67 bits per heavy atom. The van der Waals surface area contributed by atoms with Crippen LogP contribution in [0.25, 0.3) is 0 Å². The van der Waals surface area contributed by atoms with Gasteiger partial charge in [0.05, 0.1) is 11.6 Å². The molecule has 1 atom stereocenters. The van der Waals surface area contributed by atoms with Crippen molar-refractivity contribution in [2.75, 3.05) is 6.61 Å². The zero-order chi connectivity index (χ0) is 15.5. The summed E-state index contributed by atoms with van der Waals surface area (Å²) in [4.78, 5) is 0. The normalized spacial score (nSPS) is 13.0. The fourth-order valence-corrected chi connectivity index (χ4v) is 2.07. The molecular formula is C15H13ClF3NO. The SMILES string of the molecule is NC(COc1ccc(C(F)(F)F)cc1)c1ccccc1Cl. The first kappa shape index (κ1) is 15.7. The minimum Gasteiger partial charge on any atom is -0.492 e. The van der Waals surface area contributed by atoms with Crippen LogP contribution in [-0.4, -0.2) is 6.61 Å². The monoisotopic (exact) mass is 315 g/mol. The van der Waals surface area contributed by atoms with E-state index >= 15 is 0 Å². The molecule has 0 bridgehead atoms. The van der Waals surface area contributed by atoms with E-state index in [0.717, 1.165) is 17.7 Å². The molecule has 2 nitrogen and oxygen atoms in total. The lowest BCUT2D eigenvalue weighted by Crippen LogP contribution is -2.19. The fraction of sp³-hybridized carbons (Fsp3) is 0.200. The molecule has 2 N–H and O–H groups in total. The number of nitrogens with two attached hydrogens (primary N) is 1. The molecule has 0 spiro atoms. The Balaban J connectivity index is 1.99. The second kappa shape index (κ2) is 6.37. The molecule has 2 aromatic carbocycles. The minimum absolute atomic E-state index is 0.120. The van der Waals surface area contributed by atoms with Crippen LogP contribution in [0.1, 0.15) is 17.2 Å². The van der Waals surface area contributed by atoms with E-state index in [1.165, 1.54) is 12.1 Å². The average molecular weight is 316 g/mol. The molecule has 0 aromatic heterocycles. The third-order valence-electron chi connectivity index (χ3n) is 2.92. The highest BCUT2D eigenvalue weighted by molar-refractivity contribution is 6.31. The van der Waals surface area contributed by atoms with Crippen LogP contribution in [-0.2, 0) is 6.18 Å². The van der Waals surface area contributed by atoms with Gasteiger partial charge in [-0.3, -0.25) is 0 Å². The van der Waals surface area contributed by atoms with Gasteiger partial charge in [-0.05, 0) is 35.9 Å². The lowest BCUT2D eigenvalue weighted by Gasteiger charge is -2.15.